The largest absolute Gasteiger partial charge is 0.310 e. The summed E-state index contributed by atoms with van der Waals surface area (Å²) in [4.78, 5) is 2.47. The maximum Gasteiger partial charge on any atom is 0.0725 e. The van der Waals surface area contributed by atoms with E-state index in [1.807, 2.05) is 0 Å². The molecule has 0 radical (unpaired) electrons. The second-order valence-corrected chi connectivity index (χ2v) is 27.9. The van der Waals surface area contributed by atoms with E-state index in [-0.39, 0.29) is 16.2 Å². The zero-order valence-corrected chi connectivity index (χ0v) is 51.7. The first-order valence-corrected chi connectivity index (χ1v) is 31.6. The molecule has 0 aliphatic heterocycles. The van der Waals surface area contributed by atoms with Crippen molar-refractivity contribution < 1.29 is 0 Å². The van der Waals surface area contributed by atoms with Gasteiger partial charge >= 0.3 is 0 Å². The summed E-state index contributed by atoms with van der Waals surface area (Å²) in [6.07, 6.45) is 1.10. The Balaban J connectivity index is 0.880. The maximum absolute atomic E-state index is 2.58. The van der Waals surface area contributed by atoms with Crippen LogP contribution in [0.25, 0.3) is 94.3 Å². The monoisotopic (exact) mass is 1130 g/mol. The Hall–Kier alpha value is -9.76. The fraction of sp³-hybridized carbons (Fsp3) is 0.163. The molecular formula is C86H72N2. The number of rotatable bonds is 9. The van der Waals surface area contributed by atoms with Gasteiger partial charge in [-0.25, -0.2) is 0 Å². The second-order valence-electron chi connectivity index (χ2n) is 27.9. The number of aromatic nitrogens is 1. The molecule has 16 rings (SSSR count). The van der Waals surface area contributed by atoms with Gasteiger partial charge in [-0.3, -0.25) is 0 Å². The average Bonchev–Trinajstić information content (AvgIpc) is 1.51. The second kappa shape index (κ2) is 19.9. The van der Waals surface area contributed by atoms with Gasteiger partial charge in [-0.05, 0) is 208 Å². The highest BCUT2D eigenvalue weighted by Crippen LogP contribution is 2.64. The normalized spacial score (nSPS) is 15.4. The zero-order chi connectivity index (χ0) is 59.8. The Morgan fingerprint density at radius 3 is 1.42 bits per heavy atom. The van der Waals surface area contributed by atoms with Gasteiger partial charge in [0.1, 0.15) is 0 Å². The van der Waals surface area contributed by atoms with Crippen molar-refractivity contribution in [3.05, 3.63) is 312 Å². The fourth-order valence-electron chi connectivity index (χ4n) is 15.9. The maximum atomic E-state index is 2.58. The minimum Gasteiger partial charge on any atom is -0.310 e. The predicted octanol–water partition coefficient (Wildman–Crippen LogP) is 23.5. The fourth-order valence-corrected chi connectivity index (χ4v) is 15.9. The summed E-state index contributed by atoms with van der Waals surface area (Å²) >= 11 is 0. The van der Waals surface area contributed by atoms with Crippen LogP contribution < -0.4 is 4.90 Å². The highest BCUT2D eigenvalue weighted by molar-refractivity contribution is 6.12. The van der Waals surface area contributed by atoms with Crippen LogP contribution in [0, 0.1) is 10.8 Å². The van der Waals surface area contributed by atoms with E-state index in [0.717, 1.165) is 29.2 Å². The van der Waals surface area contributed by atoms with Gasteiger partial charge in [0.2, 0.25) is 0 Å². The molecule has 13 aromatic rings. The van der Waals surface area contributed by atoms with Crippen LogP contribution in [0.4, 0.5) is 17.1 Å². The first-order chi connectivity index (χ1) is 42.6. The Labute approximate surface area is 519 Å². The Morgan fingerprint density at radius 1 is 0.341 bits per heavy atom. The number of hydrogen-bond donors (Lipinski definition) is 0. The molecule has 2 atom stereocenters. The van der Waals surface area contributed by atoms with Gasteiger partial charge in [0.15, 0.2) is 0 Å². The third kappa shape index (κ3) is 8.29. The third-order valence-electron chi connectivity index (χ3n) is 20.0. The van der Waals surface area contributed by atoms with Gasteiger partial charge < -0.3 is 9.47 Å². The first-order valence-electron chi connectivity index (χ1n) is 31.6. The molecule has 0 saturated carbocycles. The molecule has 1 aromatic heterocycles. The minimum atomic E-state index is -0.533. The lowest BCUT2D eigenvalue weighted by molar-refractivity contribution is 0.229. The van der Waals surface area contributed by atoms with Crippen LogP contribution in [-0.4, -0.2) is 4.57 Å². The van der Waals surface area contributed by atoms with Crippen molar-refractivity contribution in [2.24, 2.45) is 10.8 Å². The van der Waals surface area contributed by atoms with E-state index in [1.165, 1.54) is 128 Å². The highest BCUT2D eigenvalue weighted by atomic mass is 15.1. The van der Waals surface area contributed by atoms with Crippen molar-refractivity contribution in [2.45, 2.75) is 78.6 Å². The molecule has 0 amide bonds. The molecule has 426 valence electrons. The van der Waals surface area contributed by atoms with Crippen LogP contribution in [0.15, 0.2) is 273 Å². The van der Waals surface area contributed by atoms with Gasteiger partial charge in [-0.2, -0.15) is 0 Å². The summed E-state index contributed by atoms with van der Waals surface area (Å²) in [5, 5.41) is 2.41. The predicted molar refractivity (Wildman–Crippen MR) is 372 cm³/mol. The molecule has 2 nitrogen and oxygen atoms in total. The van der Waals surface area contributed by atoms with E-state index in [1.54, 1.807) is 0 Å². The molecule has 3 aliphatic rings. The average molecular weight is 1130 g/mol. The first kappa shape index (κ1) is 53.7. The topological polar surface area (TPSA) is 8.17 Å². The summed E-state index contributed by atoms with van der Waals surface area (Å²) in [7, 11) is 0. The summed E-state index contributed by atoms with van der Waals surface area (Å²) in [5.74, 6) is 0.372. The van der Waals surface area contributed by atoms with Crippen molar-refractivity contribution in [1.29, 1.82) is 0 Å². The molecule has 1 spiro atoms. The molecule has 2 heteroatoms. The van der Waals surface area contributed by atoms with Crippen LogP contribution in [0.2, 0.25) is 0 Å². The molecule has 3 aliphatic carbocycles. The van der Waals surface area contributed by atoms with Crippen molar-refractivity contribution in [3.63, 3.8) is 0 Å². The molecule has 0 N–H and O–H groups in total. The van der Waals surface area contributed by atoms with E-state index < -0.39 is 5.41 Å². The van der Waals surface area contributed by atoms with Crippen molar-refractivity contribution >= 4 is 38.9 Å². The van der Waals surface area contributed by atoms with Gasteiger partial charge in [0.25, 0.3) is 0 Å². The van der Waals surface area contributed by atoms with E-state index in [4.69, 9.17) is 0 Å². The van der Waals surface area contributed by atoms with Gasteiger partial charge in [0.05, 0.1) is 16.4 Å². The van der Waals surface area contributed by atoms with Gasteiger partial charge in [0, 0.05) is 38.9 Å². The Bertz CT molecular complexity index is 4910. The highest BCUT2D eigenvalue weighted by Gasteiger charge is 2.52. The number of fused-ring (bicyclic) bond motifs is 16. The number of nitrogens with zero attached hydrogens (tertiary/aromatic N) is 2. The van der Waals surface area contributed by atoms with Crippen molar-refractivity contribution in [2.75, 3.05) is 4.90 Å². The molecule has 2 unspecified atom stereocenters. The zero-order valence-electron chi connectivity index (χ0n) is 51.7. The Morgan fingerprint density at radius 2 is 0.773 bits per heavy atom. The number of hydrogen-bond acceptors (Lipinski definition) is 1. The van der Waals surface area contributed by atoms with E-state index >= 15 is 0 Å². The number of para-hydroxylation sites is 1. The van der Waals surface area contributed by atoms with Gasteiger partial charge in [-0.1, -0.05) is 250 Å². The molecule has 0 bridgehead atoms. The summed E-state index contributed by atoms with van der Waals surface area (Å²) in [6.45, 7) is 19.2. The van der Waals surface area contributed by atoms with Crippen LogP contribution in [-0.2, 0) is 10.8 Å². The number of benzene rings is 12. The molecule has 1 heterocycles. The summed E-state index contributed by atoms with van der Waals surface area (Å²) < 4.78 is 2.45. The lowest BCUT2D eigenvalue weighted by Gasteiger charge is -2.37. The molecular weight excluding hydrogens is 1060 g/mol. The summed E-state index contributed by atoms with van der Waals surface area (Å²) in [6, 6.07) is 104. The van der Waals surface area contributed by atoms with E-state index in [2.05, 4.69) is 338 Å². The Kier molecular flexibility index (Phi) is 12.1. The minimum absolute atomic E-state index is 0.0729. The quantitative estimate of drug-likeness (QED) is 0.140. The van der Waals surface area contributed by atoms with E-state index in [0.29, 0.717) is 5.92 Å². The standard InChI is InChI=1S/C86H72N2/c1-83(2,3)54-80(84(4,5)6)65-28-16-15-27-64(65)59-38-45-71-68-31-19-22-34-76(68)86(79(71)51-59)75-33-21-18-30-67(75)70-44-37-58(50-78(70)86)57-39-47-81-72(49-57)73-52-62(43-48-82(73)88(81)60-25-13-10-14-26-60)87(61-40-35-56(36-41-61)55-23-11-9-12-24-55)63-42-46-69-66-29-17-20-32-74(66)85(7,8)77(69)53-63/h9-53,80H,54H2,1-8H3. The molecule has 88 heavy (non-hydrogen) atoms. The number of anilines is 3. The summed E-state index contributed by atoms with van der Waals surface area (Å²) in [5.41, 5.74) is 31.2. The van der Waals surface area contributed by atoms with Gasteiger partial charge in [-0.15, -0.1) is 0 Å². The lowest BCUT2D eigenvalue weighted by Crippen LogP contribution is -2.26. The van der Waals surface area contributed by atoms with Crippen LogP contribution in [0.1, 0.15) is 107 Å². The van der Waals surface area contributed by atoms with Crippen LogP contribution >= 0.6 is 0 Å². The van der Waals surface area contributed by atoms with Crippen molar-refractivity contribution in [1.82, 2.24) is 4.57 Å². The van der Waals surface area contributed by atoms with Crippen molar-refractivity contribution in [3.8, 4) is 72.4 Å². The SMILES string of the molecule is CC(C)(C)CC(c1ccccc1-c1ccc2c(c1)C1(c3ccccc3-c3ccc(-c4ccc5c(c4)c4cc(N(c6ccc(-c7ccccc7)cc6)c6ccc7c(c6)C(C)(C)c6ccccc6-7)ccc4n5-c4ccccc4)cc31)c1ccccc1-2)C(C)(C)C. The lowest BCUT2D eigenvalue weighted by atomic mass is 9.67. The van der Waals surface area contributed by atoms with Crippen LogP contribution in [0.5, 0.6) is 0 Å². The van der Waals surface area contributed by atoms with Crippen LogP contribution in [0.3, 0.4) is 0 Å². The molecule has 12 aromatic carbocycles. The third-order valence-corrected chi connectivity index (χ3v) is 20.0. The molecule has 0 fully saturated rings. The molecule has 0 saturated heterocycles. The smallest absolute Gasteiger partial charge is 0.0725 e. The van der Waals surface area contributed by atoms with E-state index in [9.17, 15) is 0 Å².